The number of amides is 1. The van der Waals surface area contributed by atoms with Crippen molar-refractivity contribution in [2.24, 2.45) is 0 Å². The summed E-state index contributed by atoms with van der Waals surface area (Å²) < 4.78 is 68.6. The van der Waals surface area contributed by atoms with Crippen molar-refractivity contribution in [2.45, 2.75) is 25.4 Å². The molecule has 0 unspecified atom stereocenters. The number of rotatable bonds is 7. The molecule has 0 aliphatic heterocycles. The molecule has 0 saturated heterocycles. The lowest BCUT2D eigenvalue weighted by Gasteiger charge is -2.11. The Morgan fingerprint density at radius 2 is 1.97 bits per heavy atom. The van der Waals surface area contributed by atoms with Gasteiger partial charge in [-0.1, -0.05) is 23.8 Å². The summed E-state index contributed by atoms with van der Waals surface area (Å²) in [6, 6.07) is 6.03. The molecule has 2 rings (SSSR count). The molecule has 1 aromatic heterocycles. The monoisotopic (exact) mass is 464 g/mol. The molecule has 1 atom stereocenters. The minimum Gasteiger partial charge on any atom is -0.437 e. The third-order valence-electron chi connectivity index (χ3n) is 3.37. The van der Waals surface area contributed by atoms with E-state index in [1.807, 2.05) is 0 Å². The fourth-order valence-electron chi connectivity index (χ4n) is 2.08. The van der Waals surface area contributed by atoms with Gasteiger partial charge in [0, 0.05) is 31.3 Å². The Balaban J connectivity index is 2.06. The van der Waals surface area contributed by atoms with Crippen LogP contribution in [0.15, 0.2) is 42.6 Å². The highest BCUT2D eigenvalue weighted by Gasteiger charge is 2.48. The molecule has 0 fully saturated rings. The second-order valence-corrected chi connectivity index (χ2v) is 7.90. The summed E-state index contributed by atoms with van der Waals surface area (Å²) in [5.74, 6) is -0.603. The Hall–Kier alpha value is -2.79. The summed E-state index contributed by atoms with van der Waals surface area (Å²) in [5, 5.41) is 2.51. The predicted octanol–water partition coefficient (Wildman–Crippen LogP) is 4.29. The SMILES string of the molecule is CC(=O)N[C@@H](C)/C=C/c1ccc(Oc2ccc(OS(=O)(=O)C(F)(F)F)cc2Cl)nc1. The van der Waals surface area contributed by atoms with E-state index in [-0.39, 0.29) is 28.6 Å². The van der Waals surface area contributed by atoms with Crippen LogP contribution in [0.25, 0.3) is 6.08 Å². The minimum absolute atomic E-state index is 0.0310. The van der Waals surface area contributed by atoms with E-state index in [2.05, 4.69) is 14.5 Å². The molecule has 0 bridgehead atoms. The molecule has 0 aliphatic carbocycles. The van der Waals surface area contributed by atoms with Gasteiger partial charge in [0.2, 0.25) is 11.8 Å². The Labute approximate surface area is 175 Å². The van der Waals surface area contributed by atoms with Crippen LogP contribution in [0, 0.1) is 0 Å². The van der Waals surface area contributed by atoms with Crippen LogP contribution in [0.2, 0.25) is 5.02 Å². The molecular weight excluding hydrogens is 449 g/mol. The van der Waals surface area contributed by atoms with Crippen LogP contribution in [0.4, 0.5) is 13.2 Å². The molecule has 7 nitrogen and oxygen atoms in total. The molecule has 0 spiro atoms. The van der Waals surface area contributed by atoms with Crippen LogP contribution in [0.3, 0.4) is 0 Å². The van der Waals surface area contributed by atoms with Gasteiger partial charge >= 0.3 is 15.6 Å². The molecule has 0 aliphatic rings. The summed E-state index contributed by atoms with van der Waals surface area (Å²) in [6.07, 6.45) is 5.01. The Bertz CT molecular complexity index is 1040. The summed E-state index contributed by atoms with van der Waals surface area (Å²) in [7, 11) is -5.80. The Kier molecular flexibility index (Phi) is 7.32. The zero-order valence-electron chi connectivity index (χ0n) is 15.6. The van der Waals surface area contributed by atoms with Crippen molar-refractivity contribution in [3.63, 3.8) is 0 Å². The van der Waals surface area contributed by atoms with Gasteiger partial charge < -0.3 is 14.2 Å². The second-order valence-electron chi connectivity index (χ2n) is 5.96. The number of nitrogens with zero attached hydrogens (tertiary/aromatic N) is 1. The number of alkyl halides is 3. The quantitative estimate of drug-likeness (QED) is 0.485. The highest BCUT2D eigenvalue weighted by atomic mass is 35.5. The van der Waals surface area contributed by atoms with Crippen LogP contribution in [0.1, 0.15) is 19.4 Å². The molecule has 0 saturated carbocycles. The molecular formula is C18H16ClF3N2O5S. The number of ether oxygens (including phenoxy) is 1. The summed E-state index contributed by atoms with van der Waals surface area (Å²) in [4.78, 5) is 15.0. The lowest BCUT2D eigenvalue weighted by Crippen LogP contribution is -2.28. The van der Waals surface area contributed by atoms with Crippen molar-refractivity contribution in [1.82, 2.24) is 10.3 Å². The van der Waals surface area contributed by atoms with Crippen LogP contribution in [-0.4, -0.2) is 30.9 Å². The summed E-state index contributed by atoms with van der Waals surface area (Å²) in [5.41, 5.74) is -4.83. The van der Waals surface area contributed by atoms with E-state index in [1.165, 1.54) is 19.2 Å². The molecule has 162 valence electrons. The van der Waals surface area contributed by atoms with E-state index in [0.29, 0.717) is 0 Å². The average Bonchev–Trinajstić information content (AvgIpc) is 2.61. The van der Waals surface area contributed by atoms with Crippen molar-refractivity contribution < 1.29 is 35.3 Å². The number of aromatic nitrogens is 1. The summed E-state index contributed by atoms with van der Waals surface area (Å²) in [6.45, 7) is 3.22. The number of hydrogen-bond donors (Lipinski definition) is 1. The fourth-order valence-corrected chi connectivity index (χ4v) is 2.74. The van der Waals surface area contributed by atoms with Crippen LogP contribution in [-0.2, 0) is 14.9 Å². The van der Waals surface area contributed by atoms with E-state index in [1.54, 1.807) is 25.1 Å². The van der Waals surface area contributed by atoms with Gasteiger partial charge in [-0.15, -0.1) is 0 Å². The van der Waals surface area contributed by atoms with Crippen LogP contribution >= 0.6 is 11.6 Å². The third-order valence-corrected chi connectivity index (χ3v) is 4.65. The minimum atomic E-state index is -5.80. The van der Waals surface area contributed by atoms with Crippen molar-refractivity contribution in [3.8, 4) is 17.4 Å². The third kappa shape index (κ3) is 6.63. The first kappa shape index (κ1) is 23.5. The number of carbonyl (C=O) groups is 1. The molecule has 1 heterocycles. The topological polar surface area (TPSA) is 94.6 Å². The van der Waals surface area contributed by atoms with Crippen molar-refractivity contribution >= 4 is 33.7 Å². The van der Waals surface area contributed by atoms with Gasteiger partial charge in [0.05, 0.1) is 5.02 Å². The van der Waals surface area contributed by atoms with Gasteiger partial charge in [-0.25, -0.2) is 4.98 Å². The smallest absolute Gasteiger partial charge is 0.437 e. The van der Waals surface area contributed by atoms with E-state index in [4.69, 9.17) is 16.3 Å². The highest BCUT2D eigenvalue weighted by Crippen LogP contribution is 2.34. The van der Waals surface area contributed by atoms with Crippen LogP contribution < -0.4 is 14.2 Å². The number of nitrogens with one attached hydrogen (secondary N) is 1. The van der Waals surface area contributed by atoms with Crippen molar-refractivity contribution in [3.05, 3.63) is 53.2 Å². The zero-order valence-corrected chi connectivity index (χ0v) is 17.2. The number of halogens is 4. The standard InChI is InChI=1S/C18H16ClF3N2O5S/c1-11(24-12(2)25)3-4-13-5-8-17(23-10-13)28-16-7-6-14(9-15(16)19)29-30(26,27)18(20,21)22/h3-11H,1-2H3,(H,24,25)/b4-3+/t11-/m0/s1. The summed E-state index contributed by atoms with van der Waals surface area (Å²) >= 11 is 5.93. The average molecular weight is 465 g/mol. The molecule has 12 heteroatoms. The second kappa shape index (κ2) is 9.35. The zero-order chi connectivity index (χ0) is 22.5. The van der Waals surface area contributed by atoms with Gasteiger partial charge in [-0.05, 0) is 30.7 Å². The first-order chi connectivity index (χ1) is 13.9. The van der Waals surface area contributed by atoms with Gasteiger partial charge in [0.25, 0.3) is 0 Å². The highest BCUT2D eigenvalue weighted by molar-refractivity contribution is 7.88. The molecule has 0 radical (unpaired) electrons. The maximum atomic E-state index is 12.4. The Morgan fingerprint density at radius 3 is 2.50 bits per heavy atom. The first-order valence-corrected chi connectivity index (χ1v) is 10.1. The van der Waals surface area contributed by atoms with Gasteiger partial charge in [-0.3, -0.25) is 4.79 Å². The lowest BCUT2D eigenvalue weighted by atomic mass is 10.2. The van der Waals surface area contributed by atoms with Crippen molar-refractivity contribution in [1.29, 1.82) is 0 Å². The molecule has 1 aromatic carbocycles. The number of carbonyl (C=O) groups excluding carboxylic acids is 1. The maximum Gasteiger partial charge on any atom is 0.534 e. The number of hydrogen-bond acceptors (Lipinski definition) is 6. The molecule has 30 heavy (non-hydrogen) atoms. The normalized spacial score (nSPS) is 13.1. The van der Waals surface area contributed by atoms with Gasteiger partial charge in [-0.2, -0.15) is 21.6 Å². The van der Waals surface area contributed by atoms with E-state index in [9.17, 15) is 26.4 Å². The molecule has 1 amide bonds. The van der Waals surface area contributed by atoms with Gasteiger partial charge in [0.15, 0.2) is 0 Å². The fraction of sp³-hybridized carbons (Fsp3) is 0.222. The predicted molar refractivity (Wildman–Crippen MR) is 104 cm³/mol. The molecule has 2 aromatic rings. The van der Waals surface area contributed by atoms with E-state index in [0.717, 1.165) is 23.8 Å². The maximum absolute atomic E-state index is 12.4. The number of pyridine rings is 1. The molecule has 1 N–H and O–H groups in total. The van der Waals surface area contributed by atoms with E-state index < -0.39 is 21.4 Å². The van der Waals surface area contributed by atoms with Gasteiger partial charge in [0.1, 0.15) is 11.5 Å². The van der Waals surface area contributed by atoms with E-state index >= 15 is 0 Å². The Morgan fingerprint density at radius 1 is 1.27 bits per heavy atom. The van der Waals surface area contributed by atoms with Crippen LogP contribution in [0.5, 0.6) is 17.4 Å². The van der Waals surface area contributed by atoms with Crippen molar-refractivity contribution in [2.75, 3.05) is 0 Å². The number of benzene rings is 1. The lowest BCUT2D eigenvalue weighted by molar-refractivity contribution is -0.119. The largest absolute Gasteiger partial charge is 0.534 e. The first-order valence-electron chi connectivity index (χ1n) is 8.27.